The van der Waals surface area contributed by atoms with Gasteiger partial charge in [-0.05, 0) is 31.4 Å². The Balaban J connectivity index is 1.96. The molecule has 22 heavy (non-hydrogen) atoms. The largest absolute Gasteiger partial charge is 0.340 e. The second kappa shape index (κ2) is 8.59. The average molecular weight is 321 g/mol. The number of likely N-dealkylation sites (tertiary alicyclic amines) is 1. The molecule has 0 bridgehead atoms. The molecule has 2 unspecified atom stereocenters. The number of nitrogens with one attached hydrogen (secondary N) is 1. The smallest absolute Gasteiger partial charge is 0.236 e. The van der Waals surface area contributed by atoms with E-state index in [0.29, 0.717) is 17.9 Å². The Bertz CT molecular complexity index is 463. The van der Waals surface area contributed by atoms with Crippen molar-refractivity contribution in [2.45, 2.75) is 43.7 Å². The first kappa shape index (κ1) is 17.4. The van der Waals surface area contributed by atoms with Gasteiger partial charge in [-0.3, -0.25) is 4.79 Å². The van der Waals surface area contributed by atoms with Gasteiger partial charge in [0, 0.05) is 24.9 Å². The van der Waals surface area contributed by atoms with E-state index >= 15 is 0 Å². The van der Waals surface area contributed by atoms with Crippen molar-refractivity contribution in [3.8, 4) is 0 Å². The minimum Gasteiger partial charge on any atom is -0.340 e. The summed E-state index contributed by atoms with van der Waals surface area (Å²) in [6.07, 6.45) is 2.27. The zero-order chi connectivity index (χ0) is 15.9. The molecule has 1 aromatic carbocycles. The van der Waals surface area contributed by atoms with Gasteiger partial charge in [0.05, 0.1) is 5.25 Å². The summed E-state index contributed by atoms with van der Waals surface area (Å²) in [4.78, 5) is 15.0. The van der Waals surface area contributed by atoms with Gasteiger partial charge in [0.25, 0.3) is 0 Å². The first-order valence-electron chi connectivity index (χ1n) is 8.23. The molecule has 1 fully saturated rings. The van der Waals surface area contributed by atoms with E-state index in [0.717, 1.165) is 25.3 Å². The van der Waals surface area contributed by atoms with Crippen LogP contribution in [0, 0.1) is 5.92 Å². The number of carbonyl (C=O) groups is 1. The fraction of sp³-hybridized carbons (Fsp3) is 0.611. The van der Waals surface area contributed by atoms with Crippen molar-refractivity contribution in [1.82, 2.24) is 10.2 Å². The summed E-state index contributed by atoms with van der Waals surface area (Å²) >= 11 is 1.78. The van der Waals surface area contributed by atoms with Gasteiger partial charge in [-0.1, -0.05) is 44.2 Å². The lowest BCUT2D eigenvalue weighted by Gasteiger charge is -2.35. The summed E-state index contributed by atoms with van der Waals surface area (Å²) in [6, 6.07) is 10.9. The minimum absolute atomic E-state index is 0.0517. The van der Waals surface area contributed by atoms with E-state index in [1.165, 1.54) is 12.0 Å². The predicted octanol–water partition coefficient (Wildman–Crippen LogP) is 3.15. The molecular formula is C18H28N2OS. The highest BCUT2D eigenvalue weighted by molar-refractivity contribution is 7.99. The summed E-state index contributed by atoms with van der Waals surface area (Å²) in [5.41, 5.74) is 1.29. The van der Waals surface area contributed by atoms with Crippen molar-refractivity contribution in [3.63, 3.8) is 0 Å². The summed E-state index contributed by atoms with van der Waals surface area (Å²) in [6.45, 7) is 6.07. The number of carbonyl (C=O) groups excluding carboxylic acids is 1. The maximum atomic E-state index is 12.9. The van der Waals surface area contributed by atoms with Gasteiger partial charge in [0.2, 0.25) is 5.91 Å². The van der Waals surface area contributed by atoms with Gasteiger partial charge < -0.3 is 10.2 Å². The molecule has 0 spiro atoms. The molecule has 2 rings (SSSR count). The van der Waals surface area contributed by atoms with E-state index in [1.807, 2.05) is 13.1 Å². The summed E-state index contributed by atoms with van der Waals surface area (Å²) in [5, 5.41) is 3.37. The van der Waals surface area contributed by atoms with E-state index in [-0.39, 0.29) is 5.25 Å². The molecule has 4 heteroatoms. The fourth-order valence-electron chi connectivity index (χ4n) is 2.90. The van der Waals surface area contributed by atoms with Crippen molar-refractivity contribution >= 4 is 17.7 Å². The molecule has 122 valence electrons. The Hall–Kier alpha value is -1.00. The molecule has 3 nitrogen and oxygen atoms in total. The van der Waals surface area contributed by atoms with Crippen molar-refractivity contribution in [1.29, 1.82) is 0 Å². The molecule has 0 saturated carbocycles. The first-order valence-corrected chi connectivity index (χ1v) is 9.28. The van der Waals surface area contributed by atoms with Crippen LogP contribution in [0.2, 0.25) is 0 Å². The Kier molecular flexibility index (Phi) is 6.77. The number of piperidine rings is 1. The third kappa shape index (κ3) is 4.75. The van der Waals surface area contributed by atoms with Crippen LogP contribution in [0.5, 0.6) is 0 Å². The summed E-state index contributed by atoms with van der Waals surface area (Å²) in [5.74, 6) is 1.57. The van der Waals surface area contributed by atoms with Gasteiger partial charge in [-0.2, -0.15) is 0 Å². The molecule has 1 saturated heterocycles. The van der Waals surface area contributed by atoms with E-state index < -0.39 is 0 Å². The standard InChI is InChI=1S/C18H28N2OS/c1-14(2)17(22-13-15-8-5-4-6-9-15)18(21)20-11-7-10-16(12-20)19-3/h4-6,8-9,14,16-17,19H,7,10-13H2,1-3H3. The third-order valence-corrected chi connectivity index (χ3v) is 5.87. The van der Waals surface area contributed by atoms with Crippen molar-refractivity contribution in [2.24, 2.45) is 5.92 Å². The minimum atomic E-state index is 0.0517. The Morgan fingerprint density at radius 1 is 1.36 bits per heavy atom. The Morgan fingerprint density at radius 3 is 2.73 bits per heavy atom. The maximum absolute atomic E-state index is 12.9. The van der Waals surface area contributed by atoms with Crippen LogP contribution < -0.4 is 5.32 Å². The number of hydrogen-bond donors (Lipinski definition) is 1. The number of nitrogens with zero attached hydrogens (tertiary/aromatic N) is 1. The highest BCUT2D eigenvalue weighted by atomic mass is 32.2. The monoisotopic (exact) mass is 320 g/mol. The molecular weight excluding hydrogens is 292 g/mol. The lowest BCUT2D eigenvalue weighted by molar-refractivity contribution is -0.132. The molecule has 2 atom stereocenters. The SMILES string of the molecule is CNC1CCCN(C(=O)C(SCc2ccccc2)C(C)C)C1. The highest BCUT2D eigenvalue weighted by Crippen LogP contribution is 2.26. The molecule has 1 aliphatic heterocycles. The topological polar surface area (TPSA) is 32.3 Å². The Labute approximate surface area is 138 Å². The molecule has 1 amide bonds. The highest BCUT2D eigenvalue weighted by Gasteiger charge is 2.30. The second-order valence-corrected chi connectivity index (χ2v) is 7.50. The third-order valence-electron chi connectivity index (χ3n) is 4.26. The van der Waals surface area contributed by atoms with Crippen molar-refractivity contribution in [3.05, 3.63) is 35.9 Å². The Morgan fingerprint density at radius 2 is 2.09 bits per heavy atom. The summed E-state index contributed by atoms with van der Waals surface area (Å²) < 4.78 is 0. The van der Waals surface area contributed by atoms with Gasteiger partial charge in [-0.25, -0.2) is 0 Å². The number of thioether (sulfide) groups is 1. The molecule has 1 aliphatic rings. The molecule has 0 aliphatic carbocycles. The fourth-order valence-corrected chi connectivity index (χ4v) is 4.14. The zero-order valence-electron chi connectivity index (χ0n) is 13.9. The van der Waals surface area contributed by atoms with Crippen LogP contribution in [0.1, 0.15) is 32.3 Å². The predicted molar refractivity (Wildman–Crippen MR) is 95.0 cm³/mol. The van der Waals surface area contributed by atoms with E-state index in [4.69, 9.17) is 0 Å². The van der Waals surface area contributed by atoms with Crippen LogP contribution in [0.15, 0.2) is 30.3 Å². The lowest BCUT2D eigenvalue weighted by Crippen LogP contribution is -2.50. The van der Waals surface area contributed by atoms with Crippen molar-refractivity contribution in [2.75, 3.05) is 20.1 Å². The number of rotatable bonds is 6. The average Bonchev–Trinajstić information content (AvgIpc) is 2.55. The van der Waals surface area contributed by atoms with E-state index in [2.05, 4.69) is 48.3 Å². The van der Waals surface area contributed by atoms with E-state index in [9.17, 15) is 4.79 Å². The van der Waals surface area contributed by atoms with Crippen LogP contribution in [0.3, 0.4) is 0 Å². The lowest BCUT2D eigenvalue weighted by atomic mass is 10.0. The quantitative estimate of drug-likeness (QED) is 0.874. The molecule has 1 aromatic rings. The number of likely N-dealkylation sites (N-methyl/N-ethyl adjacent to an activating group) is 1. The van der Waals surface area contributed by atoms with Gasteiger partial charge in [0.15, 0.2) is 0 Å². The number of benzene rings is 1. The molecule has 1 heterocycles. The molecule has 0 radical (unpaired) electrons. The second-order valence-electron chi connectivity index (χ2n) is 6.37. The van der Waals surface area contributed by atoms with Gasteiger partial charge in [0.1, 0.15) is 0 Å². The molecule has 1 N–H and O–H groups in total. The summed E-state index contributed by atoms with van der Waals surface area (Å²) in [7, 11) is 1.99. The number of hydrogen-bond acceptors (Lipinski definition) is 3. The van der Waals surface area contributed by atoms with Crippen LogP contribution in [-0.2, 0) is 10.5 Å². The molecule has 0 aromatic heterocycles. The maximum Gasteiger partial charge on any atom is 0.236 e. The van der Waals surface area contributed by atoms with E-state index in [1.54, 1.807) is 11.8 Å². The van der Waals surface area contributed by atoms with Crippen LogP contribution in [0.25, 0.3) is 0 Å². The van der Waals surface area contributed by atoms with Crippen LogP contribution >= 0.6 is 11.8 Å². The van der Waals surface area contributed by atoms with Gasteiger partial charge >= 0.3 is 0 Å². The first-order chi connectivity index (χ1) is 10.6. The van der Waals surface area contributed by atoms with Gasteiger partial charge in [-0.15, -0.1) is 11.8 Å². The number of amides is 1. The van der Waals surface area contributed by atoms with Crippen molar-refractivity contribution < 1.29 is 4.79 Å². The van der Waals surface area contributed by atoms with Crippen LogP contribution in [0.4, 0.5) is 0 Å². The normalized spacial score (nSPS) is 20.2. The zero-order valence-corrected chi connectivity index (χ0v) is 14.7. The van der Waals surface area contributed by atoms with Crippen LogP contribution in [-0.4, -0.2) is 42.2 Å².